The number of nitrogens with two attached hydrogens (primary N) is 1. The van der Waals surface area contributed by atoms with E-state index in [9.17, 15) is 4.79 Å². The first-order valence-corrected chi connectivity index (χ1v) is 6.01. The van der Waals surface area contributed by atoms with Crippen molar-refractivity contribution in [3.63, 3.8) is 0 Å². The monoisotopic (exact) mass is 283 g/mol. The van der Waals surface area contributed by atoms with Crippen molar-refractivity contribution in [3.05, 3.63) is 28.2 Å². The van der Waals surface area contributed by atoms with Crippen LogP contribution in [0.15, 0.2) is 22.7 Å². The average molecular weight is 284 g/mol. The fourth-order valence-electron chi connectivity index (χ4n) is 1.89. The summed E-state index contributed by atoms with van der Waals surface area (Å²) in [6.45, 7) is 2.39. The predicted molar refractivity (Wildman–Crippen MR) is 67.3 cm³/mol. The molecule has 1 fully saturated rings. The van der Waals surface area contributed by atoms with Crippen LogP contribution in [0.1, 0.15) is 5.56 Å². The van der Waals surface area contributed by atoms with Gasteiger partial charge in [0.1, 0.15) is 0 Å². The average Bonchev–Trinajstić information content (AvgIpc) is 2.28. The highest BCUT2D eigenvalue weighted by Crippen LogP contribution is 2.27. The first kappa shape index (κ1) is 11.4. The zero-order valence-corrected chi connectivity index (χ0v) is 10.5. The molecular weight excluding hydrogens is 270 g/mol. The molecule has 0 radical (unpaired) electrons. The van der Waals surface area contributed by atoms with Crippen LogP contribution in [0.2, 0.25) is 0 Å². The number of hydrogen-bond donors (Lipinski definition) is 2. The summed E-state index contributed by atoms with van der Waals surface area (Å²) < 4.78 is 0.999. The van der Waals surface area contributed by atoms with E-state index in [1.165, 1.54) is 0 Å². The molecule has 1 aromatic carbocycles. The Morgan fingerprint density at radius 2 is 2.31 bits per heavy atom. The van der Waals surface area contributed by atoms with Gasteiger partial charge in [-0.3, -0.25) is 4.79 Å². The van der Waals surface area contributed by atoms with Gasteiger partial charge in [-0.1, -0.05) is 22.0 Å². The number of nitrogens with zero attached hydrogens (tertiary/aromatic N) is 1. The Hall–Kier alpha value is -1.07. The predicted octanol–water partition coefficient (Wildman–Crippen LogP) is 0.844. The summed E-state index contributed by atoms with van der Waals surface area (Å²) >= 11 is 3.48. The van der Waals surface area contributed by atoms with Gasteiger partial charge in [0.25, 0.3) is 0 Å². The lowest BCUT2D eigenvalue weighted by atomic mass is 10.1. The van der Waals surface area contributed by atoms with Crippen LogP contribution in [0.4, 0.5) is 5.69 Å². The van der Waals surface area contributed by atoms with Crippen LogP contribution in [0.3, 0.4) is 0 Å². The Labute approximate surface area is 103 Å². The highest BCUT2D eigenvalue weighted by atomic mass is 79.9. The molecule has 2 rings (SSSR count). The van der Waals surface area contributed by atoms with Gasteiger partial charge < -0.3 is 16.0 Å². The van der Waals surface area contributed by atoms with Gasteiger partial charge in [0.05, 0.1) is 6.54 Å². The fourth-order valence-corrected chi connectivity index (χ4v) is 2.41. The van der Waals surface area contributed by atoms with Crippen molar-refractivity contribution in [1.82, 2.24) is 5.32 Å². The third-order valence-electron chi connectivity index (χ3n) is 2.68. The molecule has 1 aliphatic heterocycles. The minimum Gasteiger partial charge on any atom is -0.360 e. The van der Waals surface area contributed by atoms with Crippen molar-refractivity contribution in [2.75, 3.05) is 24.5 Å². The largest absolute Gasteiger partial charge is 0.360 e. The smallest absolute Gasteiger partial charge is 0.239 e. The Morgan fingerprint density at radius 1 is 1.50 bits per heavy atom. The molecule has 86 valence electrons. The van der Waals surface area contributed by atoms with E-state index in [2.05, 4.69) is 26.1 Å². The second-order valence-electron chi connectivity index (χ2n) is 3.71. The molecule has 5 heteroatoms. The lowest BCUT2D eigenvalue weighted by molar-refractivity contribution is -0.120. The number of benzene rings is 1. The van der Waals surface area contributed by atoms with Crippen molar-refractivity contribution < 1.29 is 4.79 Å². The number of piperazine rings is 1. The Morgan fingerprint density at radius 3 is 3.00 bits per heavy atom. The number of halogens is 1. The van der Waals surface area contributed by atoms with Crippen LogP contribution < -0.4 is 16.0 Å². The van der Waals surface area contributed by atoms with Crippen molar-refractivity contribution in [2.24, 2.45) is 5.73 Å². The van der Waals surface area contributed by atoms with Crippen LogP contribution in [0.5, 0.6) is 0 Å². The third kappa shape index (κ3) is 2.20. The van der Waals surface area contributed by atoms with E-state index >= 15 is 0 Å². The topological polar surface area (TPSA) is 58.4 Å². The van der Waals surface area contributed by atoms with E-state index in [0.29, 0.717) is 19.6 Å². The van der Waals surface area contributed by atoms with E-state index in [1.807, 2.05) is 18.2 Å². The molecule has 1 aliphatic rings. The summed E-state index contributed by atoms with van der Waals surface area (Å²) in [4.78, 5) is 13.4. The van der Waals surface area contributed by atoms with Crippen LogP contribution in [0, 0.1) is 0 Å². The number of carbonyl (C=O) groups excluding carboxylic acids is 1. The normalized spacial score (nSPS) is 16.1. The minimum absolute atomic E-state index is 0.0641. The van der Waals surface area contributed by atoms with Crippen LogP contribution >= 0.6 is 15.9 Å². The first-order chi connectivity index (χ1) is 7.72. The van der Waals surface area contributed by atoms with Gasteiger partial charge in [0.2, 0.25) is 5.91 Å². The van der Waals surface area contributed by atoms with Crippen molar-refractivity contribution >= 4 is 27.5 Å². The zero-order chi connectivity index (χ0) is 11.5. The van der Waals surface area contributed by atoms with Gasteiger partial charge in [-0.05, 0) is 12.1 Å². The van der Waals surface area contributed by atoms with Gasteiger partial charge in [0.15, 0.2) is 0 Å². The molecule has 1 amide bonds. The lowest BCUT2D eigenvalue weighted by Crippen LogP contribution is -2.48. The van der Waals surface area contributed by atoms with Gasteiger partial charge in [0, 0.05) is 35.4 Å². The van der Waals surface area contributed by atoms with E-state index in [0.717, 1.165) is 22.3 Å². The molecule has 0 bridgehead atoms. The number of hydrogen-bond acceptors (Lipinski definition) is 3. The number of amides is 1. The minimum atomic E-state index is 0.0641. The van der Waals surface area contributed by atoms with E-state index in [4.69, 9.17) is 5.73 Å². The molecule has 4 nitrogen and oxygen atoms in total. The quantitative estimate of drug-likeness (QED) is 0.846. The maximum absolute atomic E-state index is 11.3. The summed E-state index contributed by atoms with van der Waals surface area (Å²) in [5.41, 5.74) is 7.84. The van der Waals surface area contributed by atoms with Gasteiger partial charge >= 0.3 is 0 Å². The van der Waals surface area contributed by atoms with E-state index in [-0.39, 0.29) is 5.91 Å². The number of carbonyl (C=O) groups is 1. The molecule has 1 saturated heterocycles. The third-order valence-corrected chi connectivity index (χ3v) is 3.42. The summed E-state index contributed by atoms with van der Waals surface area (Å²) in [5, 5.41) is 2.81. The van der Waals surface area contributed by atoms with Crippen molar-refractivity contribution in [3.8, 4) is 0 Å². The molecule has 1 heterocycles. The van der Waals surface area contributed by atoms with Gasteiger partial charge in [-0.2, -0.15) is 0 Å². The van der Waals surface area contributed by atoms with Crippen molar-refractivity contribution in [2.45, 2.75) is 6.54 Å². The standard InChI is InChI=1S/C11H14BrN3O/c12-9-2-1-3-10(8(9)6-13)15-5-4-14-11(16)7-15/h1-3H,4-7,13H2,(H,14,16). The Kier molecular flexibility index (Phi) is 3.46. The second-order valence-corrected chi connectivity index (χ2v) is 4.57. The molecule has 0 saturated carbocycles. The maximum atomic E-state index is 11.3. The summed E-state index contributed by atoms with van der Waals surface area (Å²) in [7, 11) is 0. The molecular formula is C11H14BrN3O. The highest BCUT2D eigenvalue weighted by molar-refractivity contribution is 9.10. The van der Waals surface area contributed by atoms with Crippen LogP contribution in [0.25, 0.3) is 0 Å². The van der Waals surface area contributed by atoms with E-state index in [1.54, 1.807) is 0 Å². The molecule has 0 aromatic heterocycles. The molecule has 0 spiro atoms. The van der Waals surface area contributed by atoms with Gasteiger partial charge in [-0.25, -0.2) is 0 Å². The molecule has 3 N–H and O–H groups in total. The second kappa shape index (κ2) is 4.84. The molecule has 16 heavy (non-hydrogen) atoms. The lowest BCUT2D eigenvalue weighted by Gasteiger charge is -2.30. The molecule has 1 aromatic rings. The maximum Gasteiger partial charge on any atom is 0.239 e. The number of nitrogens with one attached hydrogen (secondary N) is 1. The highest BCUT2D eigenvalue weighted by Gasteiger charge is 2.19. The van der Waals surface area contributed by atoms with Gasteiger partial charge in [-0.15, -0.1) is 0 Å². The summed E-state index contributed by atoms with van der Waals surface area (Å²) in [5.74, 6) is 0.0641. The number of anilines is 1. The molecule has 0 atom stereocenters. The number of rotatable bonds is 2. The molecule has 0 aliphatic carbocycles. The van der Waals surface area contributed by atoms with E-state index < -0.39 is 0 Å². The Balaban J connectivity index is 2.31. The SMILES string of the molecule is NCc1c(Br)cccc1N1CCNC(=O)C1. The van der Waals surface area contributed by atoms with Crippen molar-refractivity contribution in [1.29, 1.82) is 0 Å². The zero-order valence-electron chi connectivity index (χ0n) is 8.87. The first-order valence-electron chi connectivity index (χ1n) is 5.21. The summed E-state index contributed by atoms with van der Waals surface area (Å²) in [6.07, 6.45) is 0. The fraction of sp³-hybridized carbons (Fsp3) is 0.364. The summed E-state index contributed by atoms with van der Waals surface area (Å²) in [6, 6.07) is 5.94. The van der Waals surface area contributed by atoms with Crippen LogP contribution in [-0.4, -0.2) is 25.5 Å². The molecule has 0 unspecified atom stereocenters. The van der Waals surface area contributed by atoms with Crippen LogP contribution in [-0.2, 0) is 11.3 Å². The Bertz CT molecular complexity index is 408.